The number of hydrogen-bond acceptors (Lipinski definition) is 5. The molecule has 0 saturated heterocycles. The molecule has 164 valence electrons. The Morgan fingerprint density at radius 2 is 1.76 bits per heavy atom. The van der Waals surface area contributed by atoms with Crippen molar-refractivity contribution in [3.63, 3.8) is 0 Å². The highest BCUT2D eigenvalue weighted by molar-refractivity contribution is 5.89. The van der Waals surface area contributed by atoms with Gasteiger partial charge in [-0.15, -0.1) is 0 Å². The van der Waals surface area contributed by atoms with Gasteiger partial charge < -0.3 is 10.1 Å². The minimum Gasteiger partial charge on any atom is -0.497 e. The number of carbonyl (C=O) groups excluding carboxylic acids is 1. The Morgan fingerprint density at radius 3 is 2.42 bits per heavy atom. The fourth-order valence-electron chi connectivity index (χ4n) is 3.98. The molecule has 0 bridgehead atoms. The van der Waals surface area contributed by atoms with E-state index in [9.17, 15) is 9.59 Å². The van der Waals surface area contributed by atoms with Crippen molar-refractivity contribution in [1.82, 2.24) is 19.2 Å². The molecule has 0 aliphatic heterocycles. The minimum atomic E-state index is -0.201. The van der Waals surface area contributed by atoms with Gasteiger partial charge in [0.1, 0.15) is 5.75 Å². The van der Waals surface area contributed by atoms with Crippen LogP contribution < -0.4 is 15.6 Å². The van der Waals surface area contributed by atoms with Crippen molar-refractivity contribution in [3.8, 4) is 22.6 Å². The molecular formula is C25H21N5O3. The summed E-state index contributed by atoms with van der Waals surface area (Å²) in [5.41, 5.74) is 5.22. The molecule has 5 rings (SSSR count). The molecule has 1 amide bonds. The number of hydrogen-bond donors (Lipinski definition) is 1. The van der Waals surface area contributed by atoms with Crippen LogP contribution in [0.15, 0.2) is 71.8 Å². The number of anilines is 1. The van der Waals surface area contributed by atoms with Gasteiger partial charge in [-0.3, -0.25) is 14.2 Å². The number of ether oxygens (including phenoxy) is 1. The lowest BCUT2D eigenvalue weighted by Crippen LogP contribution is -2.19. The summed E-state index contributed by atoms with van der Waals surface area (Å²) in [6.07, 6.45) is 3.32. The smallest absolute Gasteiger partial charge is 0.266 e. The second-order valence-corrected chi connectivity index (χ2v) is 7.70. The average molecular weight is 439 g/mol. The Hall–Kier alpha value is -4.46. The fraction of sp³-hybridized carbons (Fsp3) is 0.120. The summed E-state index contributed by atoms with van der Waals surface area (Å²) >= 11 is 0. The van der Waals surface area contributed by atoms with Gasteiger partial charge in [-0.25, -0.2) is 9.50 Å². The first-order valence-corrected chi connectivity index (χ1v) is 10.4. The lowest BCUT2D eigenvalue weighted by atomic mass is 10.1. The van der Waals surface area contributed by atoms with Crippen LogP contribution in [0, 0.1) is 6.92 Å². The predicted molar refractivity (Wildman–Crippen MR) is 127 cm³/mol. The van der Waals surface area contributed by atoms with Gasteiger partial charge in [0.2, 0.25) is 5.91 Å². The van der Waals surface area contributed by atoms with E-state index in [2.05, 4.69) is 15.4 Å². The van der Waals surface area contributed by atoms with E-state index in [0.29, 0.717) is 27.9 Å². The van der Waals surface area contributed by atoms with Gasteiger partial charge in [-0.1, -0.05) is 12.1 Å². The summed E-state index contributed by atoms with van der Waals surface area (Å²) in [6, 6.07) is 16.7. The van der Waals surface area contributed by atoms with Crippen LogP contribution in [0.25, 0.3) is 33.4 Å². The molecule has 5 aromatic rings. The van der Waals surface area contributed by atoms with Crippen molar-refractivity contribution in [2.75, 3.05) is 12.4 Å². The number of aryl methyl sites for hydroxylation is 1. The number of amides is 1. The van der Waals surface area contributed by atoms with Gasteiger partial charge in [0.25, 0.3) is 5.56 Å². The summed E-state index contributed by atoms with van der Waals surface area (Å²) in [4.78, 5) is 29.1. The molecular weight excluding hydrogens is 418 g/mol. The first kappa shape index (κ1) is 20.4. The van der Waals surface area contributed by atoms with E-state index in [4.69, 9.17) is 4.74 Å². The quantitative estimate of drug-likeness (QED) is 0.458. The standard InChI is InChI=1S/C25H21N5O3/c1-15-23(17-4-10-20(33-3)11-5-17)24-26-14-21-22(30(24)28-15)12-13-29(25(21)32)19-8-6-18(7-9-19)27-16(2)31/h4-14H,1-3H3,(H,27,31). The molecule has 0 aliphatic carbocycles. The van der Waals surface area contributed by atoms with Crippen molar-refractivity contribution in [3.05, 3.63) is 83.0 Å². The summed E-state index contributed by atoms with van der Waals surface area (Å²) in [5.74, 6) is 0.626. The Morgan fingerprint density at radius 1 is 1.03 bits per heavy atom. The number of nitrogens with one attached hydrogen (secondary N) is 1. The second-order valence-electron chi connectivity index (χ2n) is 7.70. The van der Waals surface area contributed by atoms with Gasteiger partial charge in [-0.2, -0.15) is 5.10 Å². The number of benzene rings is 2. The van der Waals surface area contributed by atoms with E-state index < -0.39 is 0 Å². The molecule has 2 aromatic carbocycles. The van der Waals surface area contributed by atoms with Gasteiger partial charge in [0.15, 0.2) is 5.65 Å². The third kappa shape index (κ3) is 3.51. The number of methoxy groups -OCH3 is 1. The summed E-state index contributed by atoms with van der Waals surface area (Å²) in [6.45, 7) is 3.38. The van der Waals surface area contributed by atoms with Crippen LogP contribution >= 0.6 is 0 Å². The zero-order valence-corrected chi connectivity index (χ0v) is 18.4. The van der Waals surface area contributed by atoms with Crippen LogP contribution in [-0.2, 0) is 4.79 Å². The molecule has 3 heterocycles. The highest BCUT2D eigenvalue weighted by Gasteiger charge is 2.16. The number of fused-ring (bicyclic) bond motifs is 3. The molecule has 0 spiro atoms. The lowest BCUT2D eigenvalue weighted by Gasteiger charge is -2.09. The van der Waals surface area contributed by atoms with Crippen molar-refractivity contribution < 1.29 is 9.53 Å². The molecule has 1 N–H and O–H groups in total. The fourth-order valence-corrected chi connectivity index (χ4v) is 3.98. The van der Waals surface area contributed by atoms with E-state index in [-0.39, 0.29) is 11.5 Å². The van der Waals surface area contributed by atoms with E-state index in [1.807, 2.05) is 37.3 Å². The number of carbonyl (C=O) groups is 1. The normalized spacial score (nSPS) is 11.1. The first-order valence-electron chi connectivity index (χ1n) is 10.4. The topological polar surface area (TPSA) is 90.5 Å². The second kappa shape index (κ2) is 7.90. The largest absolute Gasteiger partial charge is 0.497 e. The minimum absolute atomic E-state index is 0.149. The monoisotopic (exact) mass is 439 g/mol. The molecule has 8 heteroatoms. The van der Waals surface area contributed by atoms with Crippen LogP contribution in [0.1, 0.15) is 12.6 Å². The Labute approximate surface area is 189 Å². The molecule has 33 heavy (non-hydrogen) atoms. The average Bonchev–Trinajstić information content (AvgIpc) is 3.16. The summed E-state index contributed by atoms with van der Waals surface area (Å²) in [5, 5.41) is 7.86. The van der Waals surface area contributed by atoms with Crippen molar-refractivity contribution in [1.29, 1.82) is 0 Å². The molecule has 0 aliphatic rings. The highest BCUT2D eigenvalue weighted by Crippen LogP contribution is 2.30. The van der Waals surface area contributed by atoms with Crippen molar-refractivity contribution in [2.24, 2.45) is 0 Å². The van der Waals surface area contributed by atoms with Crippen LogP contribution in [-0.4, -0.2) is 32.2 Å². The van der Waals surface area contributed by atoms with Gasteiger partial charge in [0.05, 0.1) is 23.7 Å². The van der Waals surface area contributed by atoms with E-state index in [0.717, 1.165) is 22.6 Å². The van der Waals surface area contributed by atoms with E-state index in [1.54, 1.807) is 52.9 Å². The maximum absolute atomic E-state index is 13.3. The predicted octanol–water partition coefficient (Wildman–Crippen LogP) is 3.98. The zero-order valence-electron chi connectivity index (χ0n) is 18.4. The van der Waals surface area contributed by atoms with Crippen molar-refractivity contribution >= 4 is 28.1 Å². The number of nitrogens with zero attached hydrogens (tertiary/aromatic N) is 4. The maximum Gasteiger partial charge on any atom is 0.266 e. The Balaban J connectivity index is 1.62. The molecule has 0 radical (unpaired) electrons. The van der Waals surface area contributed by atoms with Crippen molar-refractivity contribution in [2.45, 2.75) is 13.8 Å². The van der Waals surface area contributed by atoms with Gasteiger partial charge in [-0.05, 0) is 55.0 Å². The molecule has 3 aromatic heterocycles. The molecule has 0 saturated carbocycles. The third-order valence-electron chi connectivity index (χ3n) is 5.53. The van der Waals surface area contributed by atoms with Gasteiger partial charge in [0, 0.05) is 36.3 Å². The highest BCUT2D eigenvalue weighted by atomic mass is 16.5. The lowest BCUT2D eigenvalue weighted by molar-refractivity contribution is -0.114. The Bertz CT molecular complexity index is 1570. The molecule has 0 unspecified atom stereocenters. The summed E-state index contributed by atoms with van der Waals surface area (Å²) < 4.78 is 8.52. The third-order valence-corrected chi connectivity index (χ3v) is 5.53. The maximum atomic E-state index is 13.3. The first-order chi connectivity index (χ1) is 16.0. The van der Waals surface area contributed by atoms with Crippen LogP contribution in [0.2, 0.25) is 0 Å². The zero-order chi connectivity index (χ0) is 23.1. The molecule has 8 nitrogen and oxygen atoms in total. The van der Waals surface area contributed by atoms with Crippen LogP contribution in [0.5, 0.6) is 5.75 Å². The van der Waals surface area contributed by atoms with Crippen LogP contribution in [0.4, 0.5) is 5.69 Å². The SMILES string of the molecule is COc1ccc(-c2c(C)nn3c2ncc2c(=O)n(-c4ccc(NC(C)=O)cc4)ccc23)cc1. The van der Waals surface area contributed by atoms with E-state index in [1.165, 1.54) is 6.92 Å². The summed E-state index contributed by atoms with van der Waals surface area (Å²) in [7, 11) is 1.63. The molecule has 0 fully saturated rings. The van der Waals surface area contributed by atoms with E-state index >= 15 is 0 Å². The number of rotatable bonds is 4. The van der Waals surface area contributed by atoms with Gasteiger partial charge >= 0.3 is 0 Å². The molecule has 0 atom stereocenters. The Kier molecular flexibility index (Phi) is 4.90. The van der Waals surface area contributed by atoms with Crippen LogP contribution in [0.3, 0.4) is 0 Å². The number of aromatic nitrogens is 4. The number of pyridine rings is 1.